The largest absolute Gasteiger partial charge is 0.345 e. The Morgan fingerprint density at radius 2 is 1.96 bits per heavy atom. The van der Waals surface area contributed by atoms with E-state index in [4.69, 9.17) is 11.6 Å². The molecule has 0 radical (unpaired) electrons. The first-order valence-electron chi connectivity index (χ1n) is 7.93. The molecule has 6 nitrogen and oxygen atoms in total. The molecule has 0 N–H and O–H groups in total. The van der Waals surface area contributed by atoms with Gasteiger partial charge in [0.2, 0.25) is 0 Å². The Balaban J connectivity index is 1.63. The predicted molar refractivity (Wildman–Crippen MR) is 92.8 cm³/mol. The van der Waals surface area contributed by atoms with Crippen molar-refractivity contribution in [3.63, 3.8) is 0 Å². The van der Waals surface area contributed by atoms with Crippen molar-refractivity contribution in [1.82, 2.24) is 25.0 Å². The van der Waals surface area contributed by atoms with E-state index in [1.807, 2.05) is 48.0 Å². The molecule has 2 aromatic heterocycles. The van der Waals surface area contributed by atoms with E-state index in [-0.39, 0.29) is 6.04 Å². The summed E-state index contributed by atoms with van der Waals surface area (Å²) >= 11 is 6.24. The van der Waals surface area contributed by atoms with Crippen molar-refractivity contribution < 1.29 is 0 Å². The molecule has 7 heteroatoms. The van der Waals surface area contributed by atoms with Gasteiger partial charge in [0.15, 0.2) is 11.6 Å². The average Bonchev–Trinajstić information content (AvgIpc) is 3.24. The highest BCUT2D eigenvalue weighted by atomic mass is 35.5. The number of benzene rings is 1. The molecule has 3 heterocycles. The van der Waals surface area contributed by atoms with E-state index in [1.165, 1.54) is 0 Å². The number of hydrogen-bond acceptors (Lipinski definition) is 5. The minimum absolute atomic E-state index is 0.193. The standard InChI is InChI=1S/C17H17ClN6/c1-23-11-19-22-17(23)15-7-4-10-24(15)16-9-8-14(20-21-16)12-5-2-3-6-13(12)18/h2-3,5-6,8-9,11,15H,4,7,10H2,1H3. The molecule has 1 saturated heterocycles. The summed E-state index contributed by atoms with van der Waals surface area (Å²) in [5.74, 6) is 1.82. The Morgan fingerprint density at radius 3 is 2.67 bits per heavy atom. The van der Waals surface area contributed by atoms with Crippen molar-refractivity contribution >= 4 is 17.4 Å². The second-order valence-electron chi connectivity index (χ2n) is 5.91. The summed E-state index contributed by atoms with van der Waals surface area (Å²) in [5, 5.41) is 17.7. The van der Waals surface area contributed by atoms with E-state index >= 15 is 0 Å². The van der Waals surface area contributed by atoms with Crippen molar-refractivity contribution in [2.24, 2.45) is 7.05 Å². The first-order valence-corrected chi connectivity index (χ1v) is 8.31. The molecule has 4 rings (SSSR count). The van der Waals surface area contributed by atoms with Crippen molar-refractivity contribution in [2.75, 3.05) is 11.4 Å². The molecule has 0 spiro atoms. The fourth-order valence-corrected chi connectivity index (χ4v) is 3.43. The smallest absolute Gasteiger partial charge is 0.155 e. The monoisotopic (exact) mass is 340 g/mol. The van der Waals surface area contributed by atoms with Crippen LogP contribution in [0, 0.1) is 0 Å². The zero-order valence-electron chi connectivity index (χ0n) is 13.3. The van der Waals surface area contributed by atoms with Crippen LogP contribution in [0.4, 0.5) is 5.82 Å². The molecule has 3 aromatic rings. The lowest BCUT2D eigenvalue weighted by Crippen LogP contribution is -2.25. The number of hydrogen-bond donors (Lipinski definition) is 0. The summed E-state index contributed by atoms with van der Waals surface area (Å²) in [4.78, 5) is 2.24. The third kappa shape index (κ3) is 2.63. The minimum atomic E-state index is 0.193. The molecular formula is C17H17ClN6. The van der Waals surface area contributed by atoms with Crippen LogP contribution in [0.1, 0.15) is 24.7 Å². The van der Waals surface area contributed by atoms with Gasteiger partial charge in [-0.05, 0) is 31.0 Å². The van der Waals surface area contributed by atoms with E-state index < -0.39 is 0 Å². The van der Waals surface area contributed by atoms with Gasteiger partial charge in [-0.3, -0.25) is 0 Å². The molecule has 1 fully saturated rings. The highest BCUT2D eigenvalue weighted by Crippen LogP contribution is 2.34. The maximum absolute atomic E-state index is 6.24. The lowest BCUT2D eigenvalue weighted by Gasteiger charge is -2.24. The average molecular weight is 341 g/mol. The zero-order chi connectivity index (χ0) is 16.5. The summed E-state index contributed by atoms with van der Waals surface area (Å²) in [6.45, 7) is 0.942. The van der Waals surface area contributed by atoms with Crippen molar-refractivity contribution in [1.29, 1.82) is 0 Å². The van der Waals surface area contributed by atoms with E-state index in [9.17, 15) is 0 Å². The highest BCUT2D eigenvalue weighted by molar-refractivity contribution is 6.33. The van der Waals surface area contributed by atoms with Gasteiger partial charge in [0.05, 0.1) is 16.8 Å². The third-order valence-electron chi connectivity index (χ3n) is 4.39. The number of nitrogens with zero attached hydrogens (tertiary/aromatic N) is 6. The van der Waals surface area contributed by atoms with E-state index in [2.05, 4.69) is 25.3 Å². The Labute approximate surface area is 145 Å². The third-order valence-corrected chi connectivity index (χ3v) is 4.72. The second kappa shape index (κ2) is 6.20. The normalized spacial score (nSPS) is 17.4. The Kier molecular flexibility index (Phi) is 3.90. The van der Waals surface area contributed by atoms with Crippen LogP contribution in [0.25, 0.3) is 11.3 Å². The maximum atomic E-state index is 6.24. The molecule has 1 unspecified atom stereocenters. The van der Waals surface area contributed by atoms with Gasteiger partial charge in [-0.1, -0.05) is 29.8 Å². The topological polar surface area (TPSA) is 59.7 Å². The number of anilines is 1. The first-order chi connectivity index (χ1) is 11.7. The number of aryl methyl sites for hydroxylation is 1. The van der Waals surface area contributed by atoms with Gasteiger partial charge in [-0.15, -0.1) is 20.4 Å². The van der Waals surface area contributed by atoms with Crippen LogP contribution in [0.2, 0.25) is 5.02 Å². The minimum Gasteiger partial charge on any atom is -0.345 e. The van der Waals surface area contributed by atoms with Crippen LogP contribution >= 0.6 is 11.6 Å². The molecule has 122 valence electrons. The van der Waals surface area contributed by atoms with Crippen LogP contribution in [0.15, 0.2) is 42.7 Å². The molecule has 24 heavy (non-hydrogen) atoms. The fraction of sp³-hybridized carbons (Fsp3) is 0.294. The summed E-state index contributed by atoms with van der Waals surface area (Å²) in [5.41, 5.74) is 1.67. The van der Waals surface area contributed by atoms with Gasteiger partial charge in [0.1, 0.15) is 6.33 Å². The molecule has 0 saturated carbocycles. The maximum Gasteiger partial charge on any atom is 0.155 e. The summed E-state index contributed by atoms with van der Waals surface area (Å²) in [6, 6.07) is 11.8. The molecule has 0 aliphatic carbocycles. The Bertz CT molecular complexity index is 844. The molecule has 1 aliphatic heterocycles. The molecule has 0 amide bonds. The molecule has 1 atom stereocenters. The van der Waals surface area contributed by atoms with Gasteiger partial charge in [-0.25, -0.2) is 0 Å². The first kappa shape index (κ1) is 15.1. The second-order valence-corrected chi connectivity index (χ2v) is 6.32. The van der Waals surface area contributed by atoms with Gasteiger partial charge in [-0.2, -0.15) is 0 Å². The van der Waals surface area contributed by atoms with Gasteiger partial charge in [0.25, 0.3) is 0 Å². The van der Waals surface area contributed by atoms with Crippen LogP contribution < -0.4 is 4.90 Å². The Hall–Kier alpha value is -2.47. The predicted octanol–water partition coefficient (Wildman–Crippen LogP) is 3.27. The van der Waals surface area contributed by atoms with Gasteiger partial charge < -0.3 is 9.47 Å². The quantitative estimate of drug-likeness (QED) is 0.732. The number of aromatic nitrogens is 5. The van der Waals surface area contributed by atoms with Crippen molar-refractivity contribution in [3.05, 3.63) is 53.6 Å². The SMILES string of the molecule is Cn1cnnc1C1CCCN1c1ccc(-c2ccccc2Cl)nn1. The molecular weight excluding hydrogens is 324 g/mol. The molecule has 1 aromatic carbocycles. The van der Waals surface area contributed by atoms with E-state index in [0.29, 0.717) is 5.02 Å². The fourth-order valence-electron chi connectivity index (χ4n) is 3.19. The number of halogens is 1. The lowest BCUT2D eigenvalue weighted by molar-refractivity contribution is 0.622. The molecule has 1 aliphatic rings. The van der Waals surface area contributed by atoms with Crippen molar-refractivity contribution in [3.8, 4) is 11.3 Å². The van der Waals surface area contributed by atoms with Crippen LogP contribution in [0.3, 0.4) is 0 Å². The van der Waals surface area contributed by atoms with E-state index in [1.54, 1.807) is 6.33 Å². The van der Waals surface area contributed by atoms with Gasteiger partial charge in [0, 0.05) is 19.2 Å². The van der Waals surface area contributed by atoms with Gasteiger partial charge >= 0.3 is 0 Å². The number of rotatable bonds is 3. The molecule has 0 bridgehead atoms. The van der Waals surface area contributed by atoms with Crippen LogP contribution in [-0.2, 0) is 7.05 Å². The lowest BCUT2D eigenvalue weighted by atomic mass is 10.1. The Morgan fingerprint density at radius 1 is 1.08 bits per heavy atom. The van der Waals surface area contributed by atoms with Crippen LogP contribution in [-0.4, -0.2) is 31.5 Å². The highest BCUT2D eigenvalue weighted by Gasteiger charge is 2.30. The van der Waals surface area contributed by atoms with Crippen molar-refractivity contribution in [2.45, 2.75) is 18.9 Å². The summed E-state index contributed by atoms with van der Waals surface area (Å²) in [6.07, 6.45) is 3.88. The van der Waals surface area contributed by atoms with E-state index in [0.717, 1.165) is 42.3 Å². The summed E-state index contributed by atoms with van der Waals surface area (Å²) < 4.78 is 1.97. The summed E-state index contributed by atoms with van der Waals surface area (Å²) in [7, 11) is 1.97. The van der Waals surface area contributed by atoms with Crippen LogP contribution in [0.5, 0.6) is 0 Å². The zero-order valence-corrected chi connectivity index (χ0v) is 14.1.